The minimum atomic E-state index is -4.36. The van der Waals surface area contributed by atoms with Crippen LogP contribution in [-0.4, -0.2) is 6.18 Å². The van der Waals surface area contributed by atoms with E-state index in [9.17, 15) is 13.2 Å². The quantitative estimate of drug-likeness (QED) is 0.413. The molecule has 0 amide bonds. The van der Waals surface area contributed by atoms with Crippen LogP contribution in [0.15, 0.2) is 72.9 Å². The number of allylic oxidation sites excluding steroid dienone is 6. The van der Waals surface area contributed by atoms with Gasteiger partial charge in [0.1, 0.15) is 0 Å². The van der Waals surface area contributed by atoms with Crippen molar-refractivity contribution in [3.63, 3.8) is 0 Å². The van der Waals surface area contributed by atoms with Gasteiger partial charge in [-0.05, 0) is 36.8 Å². The van der Waals surface area contributed by atoms with E-state index in [1.807, 2.05) is 25.1 Å². The Kier molecular flexibility index (Phi) is 7.08. The fourth-order valence-corrected chi connectivity index (χ4v) is 2.14. The van der Waals surface area contributed by atoms with Gasteiger partial charge in [0.25, 0.3) is 0 Å². The molecule has 23 heavy (non-hydrogen) atoms. The van der Waals surface area contributed by atoms with Crippen molar-refractivity contribution in [2.24, 2.45) is 5.92 Å². The third-order valence-corrected chi connectivity index (χ3v) is 3.56. The van der Waals surface area contributed by atoms with Gasteiger partial charge in [-0.25, -0.2) is 0 Å². The topological polar surface area (TPSA) is 0 Å². The SMILES string of the molecule is C=C/C(=C\C=C(/C)Cc1ccc(CC(C)C=C)cc1)C(F)(F)F. The van der Waals surface area contributed by atoms with Crippen LogP contribution in [0.25, 0.3) is 0 Å². The molecule has 1 atom stereocenters. The summed E-state index contributed by atoms with van der Waals surface area (Å²) < 4.78 is 37.8. The largest absolute Gasteiger partial charge is 0.416 e. The Morgan fingerprint density at radius 2 is 1.65 bits per heavy atom. The van der Waals surface area contributed by atoms with E-state index in [0.29, 0.717) is 12.3 Å². The molecule has 0 fully saturated rings. The number of hydrogen-bond donors (Lipinski definition) is 0. The molecule has 1 unspecified atom stereocenters. The molecule has 0 aliphatic rings. The highest BCUT2D eigenvalue weighted by Crippen LogP contribution is 2.26. The molecule has 0 aliphatic heterocycles. The normalized spacial score (nSPS) is 14.5. The number of halogens is 3. The van der Waals surface area contributed by atoms with Gasteiger partial charge in [-0.15, -0.1) is 6.58 Å². The Morgan fingerprint density at radius 3 is 2.13 bits per heavy atom. The van der Waals surface area contributed by atoms with Crippen LogP contribution in [0.4, 0.5) is 13.2 Å². The molecular weight excluding hydrogens is 297 g/mol. The third kappa shape index (κ3) is 6.72. The summed E-state index contributed by atoms with van der Waals surface area (Å²) in [6.07, 6.45) is 2.53. The van der Waals surface area contributed by atoms with Crippen LogP contribution in [0.2, 0.25) is 0 Å². The Morgan fingerprint density at radius 1 is 1.09 bits per heavy atom. The Balaban J connectivity index is 2.75. The Labute approximate surface area is 136 Å². The van der Waals surface area contributed by atoms with Gasteiger partial charge in [-0.2, -0.15) is 13.2 Å². The van der Waals surface area contributed by atoms with Crippen molar-refractivity contribution in [1.82, 2.24) is 0 Å². The molecule has 0 heterocycles. The molecule has 0 saturated heterocycles. The minimum Gasteiger partial charge on any atom is -0.166 e. The lowest BCUT2D eigenvalue weighted by Gasteiger charge is -2.08. The van der Waals surface area contributed by atoms with E-state index in [4.69, 9.17) is 0 Å². The maximum absolute atomic E-state index is 12.6. The van der Waals surface area contributed by atoms with Gasteiger partial charge in [-0.3, -0.25) is 0 Å². The number of benzene rings is 1. The van der Waals surface area contributed by atoms with Gasteiger partial charge in [0.15, 0.2) is 0 Å². The van der Waals surface area contributed by atoms with Gasteiger partial charge >= 0.3 is 6.18 Å². The highest BCUT2D eigenvalue weighted by molar-refractivity contribution is 5.31. The zero-order valence-electron chi connectivity index (χ0n) is 13.7. The van der Waals surface area contributed by atoms with E-state index in [1.165, 1.54) is 11.6 Å². The van der Waals surface area contributed by atoms with Crippen LogP contribution in [0.3, 0.4) is 0 Å². The Bertz CT molecular complexity index is 586. The van der Waals surface area contributed by atoms with Gasteiger partial charge in [0.05, 0.1) is 5.57 Å². The van der Waals surface area contributed by atoms with Crippen molar-refractivity contribution in [2.45, 2.75) is 32.9 Å². The molecule has 1 rings (SSSR count). The maximum atomic E-state index is 12.6. The first-order valence-corrected chi connectivity index (χ1v) is 7.53. The van der Waals surface area contributed by atoms with Crippen LogP contribution in [0.5, 0.6) is 0 Å². The maximum Gasteiger partial charge on any atom is 0.416 e. The summed E-state index contributed by atoms with van der Waals surface area (Å²) in [5.74, 6) is 0.423. The highest BCUT2D eigenvalue weighted by Gasteiger charge is 2.30. The van der Waals surface area contributed by atoms with Crippen molar-refractivity contribution in [1.29, 1.82) is 0 Å². The minimum absolute atomic E-state index is 0.423. The van der Waals surface area contributed by atoms with E-state index in [1.54, 1.807) is 0 Å². The molecule has 0 spiro atoms. The second-order valence-corrected chi connectivity index (χ2v) is 5.75. The first-order chi connectivity index (χ1) is 10.8. The highest BCUT2D eigenvalue weighted by atomic mass is 19.4. The summed E-state index contributed by atoms with van der Waals surface area (Å²) in [7, 11) is 0. The molecule has 0 radical (unpaired) electrons. The number of alkyl halides is 3. The first-order valence-electron chi connectivity index (χ1n) is 7.53. The Hall–Kier alpha value is -2.03. The van der Waals surface area contributed by atoms with Crippen LogP contribution in [0.1, 0.15) is 25.0 Å². The molecule has 3 heteroatoms. The van der Waals surface area contributed by atoms with Crippen molar-refractivity contribution in [3.05, 3.63) is 84.0 Å². The first kappa shape index (κ1) is 19.0. The van der Waals surface area contributed by atoms with E-state index in [-0.39, 0.29) is 0 Å². The second kappa shape index (κ2) is 8.56. The van der Waals surface area contributed by atoms with E-state index < -0.39 is 11.7 Å². The van der Waals surface area contributed by atoms with E-state index in [2.05, 4.69) is 32.2 Å². The summed E-state index contributed by atoms with van der Waals surface area (Å²) in [6, 6.07) is 8.15. The van der Waals surface area contributed by atoms with Crippen LogP contribution in [0, 0.1) is 5.92 Å². The average Bonchev–Trinajstić information content (AvgIpc) is 2.48. The van der Waals surface area contributed by atoms with Gasteiger partial charge in [0, 0.05) is 0 Å². The summed E-state index contributed by atoms with van der Waals surface area (Å²) in [6.45, 7) is 10.9. The molecule has 0 saturated carbocycles. The lowest BCUT2D eigenvalue weighted by atomic mass is 9.98. The van der Waals surface area contributed by atoms with Crippen molar-refractivity contribution < 1.29 is 13.2 Å². The van der Waals surface area contributed by atoms with Gasteiger partial charge in [-0.1, -0.05) is 67.6 Å². The summed E-state index contributed by atoms with van der Waals surface area (Å²) in [5, 5.41) is 0. The monoisotopic (exact) mass is 320 g/mol. The zero-order valence-corrected chi connectivity index (χ0v) is 13.7. The smallest absolute Gasteiger partial charge is 0.166 e. The molecule has 0 N–H and O–H groups in total. The average molecular weight is 320 g/mol. The van der Waals surface area contributed by atoms with Gasteiger partial charge in [0.2, 0.25) is 0 Å². The molecule has 1 aromatic rings. The molecule has 124 valence electrons. The van der Waals surface area contributed by atoms with Crippen molar-refractivity contribution >= 4 is 0 Å². The van der Waals surface area contributed by atoms with Crippen LogP contribution in [-0.2, 0) is 12.8 Å². The molecule has 1 aromatic carbocycles. The molecule has 0 nitrogen and oxygen atoms in total. The molecule has 0 aliphatic carbocycles. The summed E-state index contributed by atoms with van der Waals surface area (Å²) in [5.41, 5.74) is 2.44. The fraction of sp³-hybridized carbons (Fsp3) is 0.300. The number of hydrogen-bond acceptors (Lipinski definition) is 0. The molecular formula is C20H23F3. The van der Waals surface area contributed by atoms with E-state index in [0.717, 1.165) is 29.7 Å². The predicted octanol–water partition coefficient (Wildman–Crippen LogP) is 6.21. The van der Waals surface area contributed by atoms with Crippen molar-refractivity contribution in [3.8, 4) is 0 Å². The molecule has 0 bridgehead atoms. The standard InChI is InChI=1S/C20H23F3/c1-5-15(3)13-17-8-10-18(11-9-17)14-16(4)7-12-19(6-2)20(21,22)23/h5-12,15H,1-2,13-14H2,3-4H3/b16-7+,19-12+. The number of rotatable bonds is 7. The van der Waals surface area contributed by atoms with Crippen molar-refractivity contribution in [2.75, 3.05) is 0 Å². The second-order valence-electron chi connectivity index (χ2n) is 5.75. The summed E-state index contributed by atoms with van der Waals surface area (Å²) in [4.78, 5) is 0. The lowest BCUT2D eigenvalue weighted by molar-refractivity contribution is -0.0881. The zero-order chi connectivity index (χ0) is 17.5. The lowest BCUT2D eigenvalue weighted by Crippen LogP contribution is -2.09. The fourth-order valence-electron chi connectivity index (χ4n) is 2.14. The van der Waals surface area contributed by atoms with Gasteiger partial charge < -0.3 is 0 Å². The van der Waals surface area contributed by atoms with Crippen LogP contribution < -0.4 is 0 Å². The van der Waals surface area contributed by atoms with E-state index >= 15 is 0 Å². The van der Waals surface area contributed by atoms with Crippen LogP contribution >= 0.6 is 0 Å². The molecule has 0 aromatic heterocycles. The summed E-state index contributed by atoms with van der Waals surface area (Å²) >= 11 is 0. The predicted molar refractivity (Wildman–Crippen MR) is 91.3 cm³/mol. The third-order valence-electron chi connectivity index (χ3n) is 3.56.